The highest BCUT2D eigenvalue weighted by atomic mass is 28.4. The maximum Gasteiger partial charge on any atom is 0.414 e. The van der Waals surface area contributed by atoms with Crippen LogP contribution in [0.4, 0.5) is 10.5 Å². The van der Waals surface area contributed by atoms with Crippen LogP contribution in [-0.4, -0.2) is 61.4 Å². The largest absolute Gasteiger partial charge is 0.504 e. The molecule has 2 aliphatic rings. The highest BCUT2D eigenvalue weighted by Crippen LogP contribution is 2.44. The summed E-state index contributed by atoms with van der Waals surface area (Å²) < 4.78 is 11.7. The van der Waals surface area contributed by atoms with E-state index in [-0.39, 0.29) is 39.7 Å². The molecule has 160 valence electrons. The van der Waals surface area contributed by atoms with Crippen molar-refractivity contribution in [2.24, 2.45) is 0 Å². The van der Waals surface area contributed by atoms with E-state index >= 15 is 0 Å². The van der Waals surface area contributed by atoms with Crippen molar-refractivity contribution in [3.8, 4) is 11.5 Å². The second-order valence-corrected chi connectivity index (χ2v) is 13.9. The molecule has 8 nitrogen and oxygen atoms in total. The minimum Gasteiger partial charge on any atom is -0.504 e. The lowest BCUT2D eigenvalue weighted by Gasteiger charge is -2.44. The number of rotatable bonds is 3. The summed E-state index contributed by atoms with van der Waals surface area (Å²) >= 11 is 0. The van der Waals surface area contributed by atoms with Crippen LogP contribution in [0.2, 0.25) is 18.1 Å². The van der Waals surface area contributed by atoms with Crippen molar-refractivity contribution in [2.45, 2.75) is 64.0 Å². The minimum atomic E-state index is -2.37. The van der Waals surface area contributed by atoms with Gasteiger partial charge in [0.15, 0.2) is 26.0 Å². The van der Waals surface area contributed by atoms with Gasteiger partial charge in [-0.2, -0.15) is 0 Å². The fourth-order valence-electron chi connectivity index (χ4n) is 3.72. The van der Waals surface area contributed by atoms with Gasteiger partial charge in [0.1, 0.15) is 0 Å². The van der Waals surface area contributed by atoms with Crippen LogP contribution in [-0.2, 0) is 4.43 Å². The number of anilines is 1. The summed E-state index contributed by atoms with van der Waals surface area (Å²) in [6.07, 6.45) is -0.618. The van der Waals surface area contributed by atoms with Crippen molar-refractivity contribution in [2.75, 3.05) is 18.6 Å². The number of amides is 2. The van der Waals surface area contributed by atoms with Gasteiger partial charge in [-0.05, 0) is 37.0 Å². The number of nitrogens with zero attached hydrogens (tertiary/aromatic N) is 2. The summed E-state index contributed by atoms with van der Waals surface area (Å²) in [5, 5.41) is 20.3. The quantitative estimate of drug-likeness (QED) is 0.718. The molecule has 3 rings (SSSR count). The zero-order valence-electron chi connectivity index (χ0n) is 17.9. The van der Waals surface area contributed by atoms with Crippen LogP contribution in [0.25, 0.3) is 0 Å². The van der Waals surface area contributed by atoms with E-state index in [1.807, 2.05) is 0 Å². The molecule has 2 aliphatic heterocycles. The predicted octanol–water partition coefficient (Wildman–Crippen LogP) is 3.85. The monoisotopic (exact) mass is 422 g/mol. The third-order valence-electron chi connectivity index (χ3n) is 6.36. The first kappa shape index (κ1) is 21.4. The number of aromatic hydroxyl groups is 1. The van der Waals surface area contributed by atoms with E-state index in [1.165, 1.54) is 19.2 Å². The topological polar surface area (TPSA) is 99.5 Å². The van der Waals surface area contributed by atoms with Gasteiger partial charge in [-0.25, -0.2) is 9.69 Å². The lowest BCUT2D eigenvalue weighted by molar-refractivity contribution is 0.0541. The molecule has 0 spiro atoms. The van der Waals surface area contributed by atoms with Gasteiger partial charge in [0.2, 0.25) is 0 Å². The summed E-state index contributed by atoms with van der Waals surface area (Å²) in [7, 11) is -0.979. The van der Waals surface area contributed by atoms with E-state index in [0.29, 0.717) is 13.0 Å². The molecule has 2 atom stereocenters. The molecule has 29 heavy (non-hydrogen) atoms. The molecule has 0 radical (unpaired) electrons. The number of carbonyl (C=O) groups excluding carboxylic acids is 1. The van der Waals surface area contributed by atoms with Crippen LogP contribution in [0.3, 0.4) is 0 Å². The molecule has 1 saturated heterocycles. The van der Waals surface area contributed by atoms with Crippen molar-refractivity contribution in [3.05, 3.63) is 17.7 Å². The minimum absolute atomic E-state index is 0.124. The molecular formula is C20H30N2O6Si. The number of fused-ring (bicyclic) bond motifs is 2. The van der Waals surface area contributed by atoms with Gasteiger partial charge in [-0.1, -0.05) is 20.8 Å². The Hall–Kier alpha value is -2.26. The Bertz CT molecular complexity index is 835. The van der Waals surface area contributed by atoms with Crippen molar-refractivity contribution >= 4 is 26.0 Å². The summed E-state index contributed by atoms with van der Waals surface area (Å²) in [4.78, 5) is 28.5. The van der Waals surface area contributed by atoms with Crippen molar-refractivity contribution in [1.82, 2.24) is 4.90 Å². The first-order valence-electron chi connectivity index (χ1n) is 9.81. The third kappa shape index (κ3) is 3.57. The Labute approximate surface area is 172 Å². The van der Waals surface area contributed by atoms with Gasteiger partial charge in [-0.3, -0.25) is 4.79 Å². The molecule has 1 fully saturated rings. The van der Waals surface area contributed by atoms with Gasteiger partial charge in [-0.15, -0.1) is 0 Å². The third-order valence-corrected chi connectivity index (χ3v) is 10.8. The van der Waals surface area contributed by atoms with Crippen LogP contribution in [0.5, 0.6) is 11.5 Å². The van der Waals surface area contributed by atoms with Gasteiger partial charge in [0.25, 0.3) is 5.91 Å². The van der Waals surface area contributed by atoms with E-state index in [0.717, 1.165) is 11.3 Å². The molecule has 9 heteroatoms. The van der Waals surface area contributed by atoms with E-state index in [2.05, 4.69) is 33.9 Å². The Morgan fingerprint density at radius 1 is 1.28 bits per heavy atom. The number of hydrogen-bond donors (Lipinski definition) is 2. The molecule has 2 N–H and O–H groups in total. The normalized spacial score (nSPS) is 22.2. The van der Waals surface area contributed by atoms with Gasteiger partial charge in [0, 0.05) is 12.6 Å². The predicted molar refractivity (Wildman–Crippen MR) is 111 cm³/mol. The number of phenols is 1. The molecule has 0 aromatic heterocycles. The molecule has 0 saturated carbocycles. The van der Waals surface area contributed by atoms with Gasteiger partial charge < -0.3 is 24.3 Å². The van der Waals surface area contributed by atoms with E-state index in [9.17, 15) is 19.8 Å². The first-order chi connectivity index (χ1) is 13.4. The molecule has 1 aromatic rings. The molecule has 1 unspecified atom stereocenters. The van der Waals surface area contributed by atoms with Gasteiger partial charge >= 0.3 is 6.09 Å². The van der Waals surface area contributed by atoms with E-state index in [4.69, 9.17) is 9.16 Å². The zero-order chi connectivity index (χ0) is 21.7. The van der Waals surface area contributed by atoms with Crippen LogP contribution in [0, 0.1) is 0 Å². The number of benzene rings is 1. The lowest BCUT2D eigenvalue weighted by Crippen LogP contribution is -2.57. The Morgan fingerprint density at radius 3 is 2.48 bits per heavy atom. The Morgan fingerprint density at radius 2 is 1.93 bits per heavy atom. The maximum atomic E-state index is 13.3. The molecule has 2 heterocycles. The highest BCUT2D eigenvalue weighted by molar-refractivity contribution is 6.74. The van der Waals surface area contributed by atoms with Crippen molar-refractivity contribution < 1.29 is 29.0 Å². The SMILES string of the molecule is COc1cc2c(cc1O)N(C(=O)O)C(O[Si](C)(C)C(C)(C)C)[C@@H]1CCCN1C2=O. The Kier molecular flexibility index (Phi) is 5.33. The molecule has 1 aromatic carbocycles. The second kappa shape index (κ2) is 7.21. The van der Waals surface area contributed by atoms with Gasteiger partial charge in [0.05, 0.1) is 24.4 Å². The fourth-order valence-corrected chi connectivity index (χ4v) is 4.94. The summed E-state index contributed by atoms with van der Waals surface area (Å²) in [6, 6.07) is 2.31. The smallest absolute Gasteiger partial charge is 0.414 e. The standard InChI is InChI=1S/C20H30N2O6Si/c1-20(2,3)29(5,6)28-18-13-8-7-9-21(13)17(24)12-10-16(27-4)15(23)11-14(12)22(18)19(25)26/h10-11,13,18,23H,7-9H2,1-6H3,(H,25,26)/t13-,18?/m0/s1. The van der Waals surface area contributed by atoms with Crippen molar-refractivity contribution in [1.29, 1.82) is 0 Å². The van der Waals surface area contributed by atoms with Crippen LogP contribution in [0.15, 0.2) is 12.1 Å². The summed E-state index contributed by atoms with van der Waals surface area (Å²) in [5.41, 5.74) is 0.314. The molecular weight excluding hydrogens is 392 g/mol. The number of carboxylic acid groups (broad SMARTS) is 1. The summed E-state index contributed by atoms with van der Waals surface area (Å²) in [5.74, 6) is -0.367. The maximum absolute atomic E-state index is 13.3. The number of hydrogen-bond acceptors (Lipinski definition) is 5. The molecule has 0 bridgehead atoms. The van der Waals surface area contributed by atoms with Crippen LogP contribution < -0.4 is 9.64 Å². The van der Waals surface area contributed by atoms with Crippen LogP contribution in [0.1, 0.15) is 44.0 Å². The lowest BCUT2D eigenvalue weighted by atomic mass is 10.1. The average molecular weight is 423 g/mol. The second-order valence-electron chi connectivity index (χ2n) is 9.17. The number of phenolic OH excluding ortho intramolecular Hbond substituents is 1. The summed E-state index contributed by atoms with van der Waals surface area (Å²) in [6.45, 7) is 10.9. The molecule has 2 amide bonds. The average Bonchev–Trinajstić information content (AvgIpc) is 3.06. The van der Waals surface area contributed by atoms with E-state index in [1.54, 1.807) is 4.90 Å². The Balaban J connectivity index is 2.21. The number of ether oxygens (including phenoxy) is 1. The van der Waals surface area contributed by atoms with E-state index < -0.39 is 20.6 Å². The highest BCUT2D eigenvalue weighted by Gasteiger charge is 2.50. The zero-order valence-corrected chi connectivity index (χ0v) is 18.9. The fraction of sp³-hybridized carbons (Fsp3) is 0.600. The first-order valence-corrected chi connectivity index (χ1v) is 12.7. The number of carbonyl (C=O) groups is 2. The van der Waals surface area contributed by atoms with Crippen molar-refractivity contribution in [3.63, 3.8) is 0 Å². The van der Waals surface area contributed by atoms with Crippen LogP contribution >= 0.6 is 0 Å². The molecule has 0 aliphatic carbocycles. The number of methoxy groups -OCH3 is 1.